The van der Waals surface area contributed by atoms with Crippen LogP contribution in [-0.4, -0.2) is 42.9 Å². The lowest BCUT2D eigenvalue weighted by atomic mass is 9.82. The number of benzene rings is 1. The molecule has 2 atom stereocenters. The molecule has 1 aliphatic rings. The first-order valence-electron chi connectivity index (χ1n) is 9.23. The monoisotopic (exact) mass is 472 g/mol. The number of hydrogen-bond acceptors (Lipinski definition) is 2. The zero-order valence-electron chi connectivity index (χ0n) is 16.4. The van der Waals surface area contributed by atoms with Crippen molar-refractivity contribution < 1.29 is 4.79 Å². The van der Waals surface area contributed by atoms with E-state index in [0.29, 0.717) is 18.4 Å². The van der Waals surface area contributed by atoms with Crippen molar-refractivity contribution in [3.05, 3.63) is 35.9 Å². The Balaban J connectivity index is 0.00000338. The number of nitrogens with two attached hydrogens (primary N) is 1. The van der Waals surface area contributed by atoms with Gasteiger partial charge >= 0.3 is 0 Å². The zero-order chi connectivity index (χ0) is 18.4. The number of primary amides is 1. The van der Waals surface area contributed by atoms with E-state index in [0.717, 1.165) is 32.0 Å². The van der Waals surface area contributed by atoms with Gasteiger partial charge in [0.15, 0.2) is 5.96 Å². The van der Waals surface area contributed by atoms with E-state index in [-0.39, 0.29) is 29.9 Å². The van der Waals surface area contributed by atoms with Gasteiger partial charge in [-0.2, -0.15) is 0 Å². The molecule has 0 radical (unpaired) electrons. The Kier molecular flexibility index (Phi) is 8.86. The first-order chi connectivity index (χ1) is 11.8. The summed E-state index contributed by atoms with van der Waals surface area (Å²) in [5.41, 5.74) is 6.26. The van der Waals surface area contributed by atoms with Gasteiger partial charge in [-0.25, -0.2) is 0 Å². The Morgan fingerprint density at radius 1 is 1.35 bits per heavy atom. The highest BCUT2D eigenvalue weighted by molar-refractivity contribution is 14.0. The molecule has 5 nitrogen and oxygen atoms in total. The molecule has 2 rings (SSSR count). The molecule has 0 aromatic heterocycles. The second kappa shape index (κ2) is 10.1. The SMILES string of the molecule is CCNC(=NCC(C)(C)C(N)=O)N1CCC(c2ccccc2)C(C)C1.I. The fourth-order valence-corrected chi connectivity index (χ4v) is 3.31. The lowest BCUT2D eigenvalue weighted by Gasteiger charge is -2.39. The summed E-state index contributed by atoms with van der Waals surface area (Å²) in [6.07, 6.45) is 1.11. The highest BCUT2D eigenvalue weighted by Crippen LogP contribution is 2.32. The molecule has 1 aromatic carbocycles. The minimum absolute atomic E-state index is 0. The van der Waals surface area contributed by atoms with Crippen molar-refractivity contribution in [3.8, 4) is 0 Å². The van der Waals surface area contributed by atoms with E-state index in [2.05, 4.69) is 54.4 Å². The van der Waals surface area contributed by atoms with Crippen molar-refractivity contribution in [3.63, 3.8) is 0 Å². The van der Waals surface area contributed by atoms with Crippen LogP contribution < -0.4 is 11.1 Å². The molecular weight excluding hydrogens is 439 g/mol. The topological polar surface area (TPSA) is 70.7 Å². The van der Waals surface area contributed by atoms with Crippen LogP contribution in [0.15, 0.2) is 35.3 Å². The van der Waals surface area contributed by atoms with Gasteiger partial charge in [0.25, 0.3) is 0 Å². The molecular formula is C20H33IN4O. The second-order valence-electron chi connectivity index (χ2n) is 7.65. The first-order valence-corrected chi connectivity index (χ1v) is 9.23. The van der Waals surface area contributed by atoms with Crippen LogP contribution in [0.4, 0.5) is 0 Å². The molecule has 2 unspecified atom stereocenters. The van der Waals surface area contributed by atoms with Crippen molar-refractivity contribution in [2.45, 2.75) is 40.0 Å². The molecule has 1 saturated heterocycles. The van der Waals surface area contributed by atoms with Crippen molar-refractivity contribution in [2.75, 3.05) is 26.2 Å². The fraction of sp³-hybridized carbons (Fsp3) is 0.600. The summed E-state index contributed by atoms with van der Waals surface area (Å²) < 4.78 is 0. The van der Waals surface area contributed by atoms with Gasteiger partial charge in [-0.3, -0.25) is 9.79 Å². The minimum Gasteiger partial charge on any atom is -0.369 e. The van der Waals surface area contributed by atoms with Gasteiger partial charge in [-0.05, 0) is 44.6 Å². The zero-order valence-corrected chi connectivity index (χ0v) is 18.7. The average molecular weight is 472 g/mol. The summed E-state index contributed by atoms with van der Waals surface area (Å²) in [4.78, 5) is 18.5. The molecule has 146 valence electrons. The number of carbonyl (C=O) groups is 1. The fourth-order valence-electron chi connectivity index (χ4n) is 3.31. The van der Waals surface area contributed by atoms with E-state index in [1.165, 1.54) is 5.56 Å². The standard InChI is InChI=1S/C20H32N4O.HI/c1-5-22-19(23-14-20(3,4)18(21)25)24-12-11-17(15(2)13-24)16-9-7-6-8-10-16;/h6-10,15,17H,5,11-14H2,1-4H3,(H2,21,25)(H,22,23);1H. The van der Waals surface area contributed by atoms with Crippen LogP contribution in [-0.2, 0) is 4.79 Å². The number of likely N-dealkylation sites (tertiary alicyclic amines) is 1. The maximum Gasteiger partial charge on any atom is 0.224 e. The smallest absolute Gasteiger partial charge is 0.224 e. The largest absolute Gasteiger partial charge is 0.369 e. The molecule has 26 heavy (non-hydrogen) atoms. The number of halogens is 1. The van der Waals surface area contributed by atoms with Gasteiger partial charge in [0.1, 0.15) is 0 Å². The molecule has 1 heterocycles. The number of hydrogen-bond donors (Lipinski definition) is 2. The molecule has 0 spiro atoms. The van der Waals surface area contributed by atoms with Crippen LogP contribution in [0.3, 0.4) is 0 Å². The van der Waals surface area contributed by atoms with Crippen molar-refractivity contribution in [1.29, 1.82) is 0 Å². The summed E-state index contributed by atoms with van der Waals surface area (Å²) in [6.45, 7) is 11.2. The van der Waals surface area contributed by atoms with E-state index >= 15 is 0 Å². The Labute approximate surface area is 174 Å². The third-order valence-corrected chi connectivity index (χ3v) is 5.06. The summed E-state index contributed by atoms with van der Waals surface area (Å²) in [5, 5.41) is 3.36. The first kappa shape index (κ1) is 22.7. The molecule has 0 saturated carbocycles. The van der Waals surface area contributed by atoms with E-state index in [9.17, 15) is 4.79 Å². The van der Waals surface area contributed by atoms with Crippen LogP contribution in [0, 0.1) is 11.3 Å². The predicted molar refractivity (Wildman–Crippen MR) is 119 cm³/mol. The van der Waals surface area contributed by atoms with E-state index in [4.69, 9.17) is 10.7 Å². The summed E-state index contributed by atoms with van der Waals surface area (Å²) in [6, 6.07) is 10.8. The van der Waals surface area contributed by atoms with E-state index in [1.807, 2.05) is 13.8 Å². The molecule has 6 heteroatoms. The van der Waals surface area contributed by atoms with Gasteiger partial charge < -0.3 is 16.0 Å². The number of carbonyl (C=O) groups excluding carboxylic acids is 1. The third-order valence-electron chi connectivity index (χ3n) is 5.06. The molecule has 1 fully saturated rings. The predicted octanol–water partition coefficient (Wildman–Crippen LogP) is 3.21. The Morgan fingerprint density at radius 2 is 2.00 bits per heavy atom. The number of piperidine rings is 1. The number of guanidine groups is 1. The number of nitrogens with one attached hydrogen (secondary N) is 1. The van der Waals surface area contributed by atoms with Gasteiger partial charge in [0.2, 0.25) is 5.91 Å². The highest BCUT2D eigenvalue weighted by atomic mass is 127. The number of aliphatic imine (C=N–C) groups is 1. The van der Waals surface area contributed by atoms with Crippen LogP contribution >= 0.6 is 24.0 Å². The van der Waals surface area contributed by atoms with Crippen molar-refractivity contribution >= 4 is 35.8 Å². The van der Waals surface area contributed by atoms with E-state index in [1.54, 1.807) is 0 Å². The third kappa shape index (κ3) is 5.86. The number of nitrogens with zero attached hydrogens (tertiary/aromatic N) is 2. The maximum atomic E-state index is 11.5. The average Bonchev–Trinajstić information content (AvgIpc) is 2.59. The number of amides is 1. The summed E-state index contributed by atoms with van der Waals surface area (Å²) in [5.74, 6) is 1.70. The Bertz CT molecular complexity index is 603. The quantitative estimate of drug-likeness (QED) is 0.393. The van der Waals surface area contributed by atoms with Crippen LogP contribution in [0.1, 0.15) is 45.6 Å². The van der Waals surface area contributed by atoms with Crippen LogP contribution in [0.25, 0.3) is 0 Å². The number of rotatable bonds is 5. The molecule has 1 aliphatic heterocycles. The van der Waals surface area contributed by atoms with Gasteiger partial charge in [0.05, 0.1) is 12.0 Å². The van der Waals surface area contributed by atoms with Gasteiger partial charge in [-0.15, -0.1) is 24.0 Å². The summed E-state index contributed by atoms with van der Waals surface area (Å²) in [7, 11) is 0. The molecule has 1 aromatic rings. The minimum atomic E-state index is -0.630. The van der Waals surface area contributed by atoms with Crippen molar-refractivity contribution in [1.82, 2.24) is 10.2 Å². The lowest BCUT2D eigenvalue weighted by Crippen LogP contribution is -2.48. The molecule has 0 aliphatic carbocycles. The molecule has 0 bridgehead atoms. The lowest BCUT2D eigenvalue weighted by molar-refractivity contribution is -0.125. The summed E-state index contributed by atoms with van der Waals surface area (Å²) >= 11 is 0. The van der Waals surface area contributed by atoms with Crippen molar-refractivity contribution in [2.24, 2.45) is 22.1 Å². The van der Waals surface area contributed by atoms with Crippen LogP contribution in [0.5, 0.6) is 0 Å². The van der Waals surface area contributed by atoms with Gasteiger partial charge in [0, 0.05) is 19.6 Å². The highest BCUT2D eigenvalue weighted by Gasteiger charge is 2.30. The van der Waals surface area contributed by atoms with Gasteiger partial charge in [-0.1, -0.05) is 37.3 Å². The maximum absolute atomic E-state index is 11.5. The second-order valence-corrected chi connectivity index (χ2v) is 7.65. The van der Waals surface area contributed by atoms with Crippen LogP contribution in [0.2, 0.25) is 0 Å². The Hall–Kier alpha value is -1.31. The molecule has 1 amide bonds. The normalized spacial score (nSPS) is 21.1. The molecule has 3 N–H and O–H groups in total. The Morgan fingerprint density at radius 3 is 2.54 bits per heavy atom. The van der Waals surface area contributed by atoms with E-state index < -0.39 is 5.41 Å².